The highest BCUT2D eigenvalue weighted by Crippen LogP contribution is 2.26. The Bertz CT molecular complexity index is 902. The smallest absolute Gasteiger partial charge is 0.387 e. The molecule has 0 aliphatic heterocycles. The first-order chi connectivity index (χ1) is 13.4. The number of fused-ring (bicyclic) bond motifs is 1. The Morgan fingerprint density at radius 3 is 2.57 bits per heavy atom. The minimum atomic E-state index is -3.81. The first-order valence-corrected chi connectivity index (χ1v) is 10.8. The van der Waals surface area contributed by atoms with Crippen molar-refractivity contribution in [2.24, 2.45) is 0 Å². The molecule has 0 radical (unpaired) electrons. The molecule has 3 rings (SSSR count). The normalized spacial score (nSPS) is 16.6. The summed E-state index contributed by atoms with van der Waals surface area (Å²) in [6.45, 7) is 0.188. The molecule has 0 amide bonds. The Balaban J connectivity index is 1.69. The molecule has 2 N–H and O–H groups in total. The third-order valence-electron chi connectivity index (χ3n) is 4.73. The highest BCUT2D eigenvalue weighted by molar-refractivity contribution is 7.92. The maximum atomic E-state index is 12.6. The van der Waals surface area contributed by atoms with Gasteiger partial charge in [-0.15, -0.1) is 0 Å². The Labute approximate surface area is 164 Å². The van der Waals surface area contributed by atoms with E-state index in [0.717, 1.165) is 37.8 Å². The van der Waals surface area contributed by atoms with Crippen molar-refractivity contribution in [3.8, 4) is 5.75 Å². The van der Waals surface area contributed by atoms with Crippen LogP contribution in [0.25, 0.3) is 0 Å². The van der Waals surface area contributed by atoms with Gasteiger partial charge in [-0.1, -0.05) is 13.0 Å². The number of hydrogen-bond donors (Lipinski definition) is 2. The molecular weight excluding hydrogens is 386 g/mol. The first kappa shape index (κ1) is 20.5. The zero-order valence-electron chi connectivity index (χ0n) is 15.6. The monoisotopic (exact) mass is 410 g/mol. The van der Waals surface area contributed by atoms with Crippen molar-refractivity contribution in [2.75, 3.05) is 11.3 Å². The molecule has 1 aliphatic carbocycles. The van der Waals surface area contributed by atoms with Crippen LogP contribution in [0.5, 0.6) is 5.75 Å². The number of sulfonamides is 1. The summed E-state index contributed by atoms with van der Waals surface area (Å²) in [5, 5.41) is 3.53. The van der Waals surface area contributed by atoms with Crippen LogP contribution < -0.4 is 14.8 Å². The van der Waals surface area contributed by atoms with Gasteiger partial charge in [-0.05, 0) is 79.8 Å². The Kier molecular flexibility index (Phi) is 6.51. The van der Waals surface area contributed by atoms with E-state index in [0.29, 0.717) is 11.7 Å². The van der Waals surface area contributed by atoms with E-state index < -0.39 is 16.6 Å². The Morgan fingerprint density at radius 2 is 1.89 bits per heavy atom. The van der Waals surface area contributed by atoms with E-state index in [9.17, 15) is 17.2 Å². The van der Waals surface area contributed by atoms with Crippen LogP contribution in [0.4, 0.5) is 14.5 Å². The lowest BCUT2D eigenvalue weighted by molar-refractivity contribution is -0.0498. The molecule has 1 atom stereocenters. The van der Waals surface area contributed by atoms with Gasteiger partial charge in [-0.3, -0.25) is 4.72 Å². The van der Waals surface area contributed by atoms with Crippen LogP contribution in [0.3, 0.4) is 0 Å². The second-order valence-electron chi connectivity index (χ2n) is 6.83. The van der Waals surface area contributed by atoms with E-state index in [2.05, 4.69) is 21.7 Å². The number of aryl methyl sites for hydroxylation is 1. The molecule has 0 aromatic heterocycles. The van der Waals surface area contributed by atoms with Gasteiger partial charge in [0.2, 0.25) is 0 Å². The van der Waals surface area contributed by atoms with Crippen molar-refractivity contribution < 1.29 is 21.9 Å². The summed E-state index contributed by atoms with van der Waals surface area (Å²) >= 11 is 0. The molecule has 0 fully saturated rings. The predicted molar refractivity (Wildman–Crippen MR) is 104 cm³/mol. The SMILES string of the molecule is CCCNC1CCc2cc(NS(=O)(=O)c3ccc(OC(F)F)cc3)ccc2C1. The van der Waals surface area contributed by atoms with Gasteiger partial charge in [0.15, 0.2) is 0 Å². The number of ether oxygens (including phenoxy) is 1. The van der Waals surface area contributed by atoms with Gasteiger partial charge in [-0.25, -0.2) is 8.42 Å². The second-order valence-corrected chi connectivity index (χ2v) is 8.52. The molecule has 0 heterocycles. The van der Waals surface area contributed by atoms with E-state index >= 15 is 0 Å². The molecule has 0 bridgehead atoms. The van der Waals surface area contributed by atoms with Crippen molar-refractivity contribution in [3.63, 3.8) is 0 Å². The fraction of sp³-hybridized carbons (Fsp3) is 0.400. The number of alkyl halides is 2. The number of halogens is 2. The largest absolute Gasteiger partial charge is 0.435 e. The van der Waals surface area contributed by atoms with Gasteiger partial charge in [-0.2, -0.15) is 8.78 Å². The summed E-state index contributed by atoms with van der Waals surface area (Å²) in [7, 11) is -3.81. The molecule has 0 saturated heterocycles. The van der Waals surface area contributed by atoms with Crippen LogP contribution >= 0.6 is 0 Å². The summed E-state index contributed by atoms with van der Waals surface area (Å²) in [4.78, 5) is -0.0179. The van der Waals surface area contributed by atoms with Crippen molar-refractivity contribution in [1.82, 2.24) is 5.32 Å². The molecule has 1 aliphatic rings. The molecule has 2 aromatic rings. The van der Waals surface area contributed by atoms with Crippen LogP contribution in [0.1, 0.15) is 30.9 Å². The van der Waals surface area contributed by atoms with Gasteiger partial charge in [0, 0.05) is 11.7 Å². The van der Waals surface area contributed by atoms with Gasteiger partial charge >= 0.3 is 6.61 Å². The molecule has 0 spiro atoms. The van der Waals surface area contributed by atoms with Crippen LogP contribution in [0.15, 0.2) is 47.4 Å². The quantitative estimate of drug-likeness (QED) is 0.692. The van der Waals surface area contributed by atoms with Crippen LogP contribution in [0.2, 0.25) is 0 Å². The average molecular weight is 410 g/mol. The second kappa shape index (κ2) is 8.87. The fourth-order valence-electron chi connectivity index (χ4n) is 3.36. The topological polar surface area (TPSA) is 67.4 Å². The van der Waals surface area contributed by atoms with Crippen molar-refractivity contribution in [1.29, 1.82) is 0 Å². The minimum Gasteiger partial charge on any atom is -0.435 e. The first-order valence-electron chi connectivity index (χ1n) is 9.30. The fourth-order valence-corrected chi connectivity index (χ4v) is 4.41. The average Bonchev–Trinajstić information content (AvgIpc) is 2.66. The number of rotatable bonds is 8. The Hall–Kier alpha value is -2.19. The lowest BCUT2D eigenvalue weighted by Gasteiger charge is -2.26. The van der Waals surface area contributed by atoms with Crippen LogP contribution in [0, 0.1) is 0 Å². The number of hydrogen-bond acceptors (Lipinski definition) is 4. The zero-order chi connectivity index (χ0) is 20.1. The highest BCUT2D eigenvalue weighted by Gasteiger charge is 2.20. The van der Waals surface area contributed by atoms with E-state index in [4.69, 9.17) is 0 Å². The third kappa shape index (κ3) is 5.20. The maximum absolute atomic E-state index is 12.6. The molecule has 2 aromatic carbocycles. The summed E-state index contributed by atoms with van der Waals surface area (Å²) in [5.74, 6) is -0.0889. The molecule has 8 heteroatoms. The van der Waals surface area contributed by atoms with E-state index in [1.54, 1.807) is 6.07 Å². The third-order valence-corrected chi connectivity index (χ3v) is 6.13. The van der Waals surface area contributed by atoms with E-state index in [-0.39, 0.29) is 10.6 Å². The number of anilines is 1. The van der Waals surface area contributed by atoms with Crippen LogP contribution in [-0.4, -0.2) is 27.6 Å². The molecule has 28 heavy (non-hydrogen) atoms. The number of nitrogens with one attached hydrogen (secondary N) is 2. The van der Waals surface area contributed by atoms with Gasteiger partial charge in [0.25, 0.3) is 10.0 Å². The molecule has 0 saturated carbocycles. The van der Waals surface area contributed by atoms with Crippen LogP contribution in [-0.2, 0) is 22.9 Å². The summed E-state index contributed by atoms with van der Waals surface area (Å²) in [6.07, 6.45) is 3.95. The minimum absolute atomic E-state index is 0.0179. The van der Waals surface area contributed by atoms with Gasteiger partial charge in [0.1, 0.15) is 5.75 Å². The lowest BCUT2D eigenvalue weighted by atomic mass is 9.88. The summed E-state index contributed by atoms with van der Waals surface area (Å²) < 4.78 is 56.3. The Morgan fingerprint density at radius 1 is 1.14 bits per heavy atom. The lowest BCUT2D eigenvalue weighted by Crippen LogP contribution is -2.35. The standard InChI is InChI=1S/C20H24F2N2O3S/c1-2-11-23-16-5-3-15-13-17(6-4-14(15)12-16)24-28(25,26)19-9-7-18(8-10-19)27-20(21)22/h4,6-10,13,16,20,23-24H,2-3,5,11-12H2,1H3. The summed E-state index contributed by atoms with van der Waals surface area (Å²) in [5.41, 5.74) is 2.87. The molecule has 1 unspecified atom stereocenters. The van der Waals surface area contributed by atoms with Crippen molar-refractivity contribution >= 4 is 15.7 Å². The van der Waals surface area contributed by atoms with E-state index in [1.807, 2.05) is 12.1 Å². The van der Waals surface area contributed by atoms with Gasteiger partial charge < -0.3 is 10.1 Å². The maximum Gasteiger partial charge on any atom is 0.387 e. The van der Waals surface area contributed by atoms with E-state index in [1.165, 1.54) is 29.8 Å². The molecule has 5 nitrogen and oxygen atoms in total. The van der Waals surface area contributed by atoms with Crippen molar-refractivity contribution in [2.45, 2.75) is 50.2 Å². The summed E-state index contributed by atoms with van der Waals surface area (Å²) in [6, 6.07) is 10.9. The zero-order valence-corrected chi connectivity index (χ0v) is 16.4. The molecule has 152 valence electrons. The molecular formula is C20H24F2N2O3S. The van der Waals surface area contributed by atoms with Crippen molar-refractivity contribution in [3.05, 3.63) is 53.6 Å². The number of benzene rings is 2. The van der Waals surface area contributed by atoms with Gasteiger partial charge in [0.05, 0.1) is 4.90 Å². The predicted octanol–water partition coefficient (Wildman–Crippen LogP) is 3.95. The highest BCUT2D eigenvalue weighted by atomic mass is 32.2.